The van der Waals surface area contributed by atoms with Gasteiger partial charge in [0, 0.05) is 32.8 Å². The second-order valence-corrected chi connectivity index (χ2v) is 10.1. The van der Waals surface area contributed by atoms with Crippen LogP contribution in [0.4, 0.5) is 0 Å². The van der Waals surface area contributed by atoms with Crippen LogP contribution in [0.3, 0.4) is 0 Å². The molecule has 1 aromatic rings. The third kappa shape index (κ3) is 6.65. The summed E-state index contributed by atoms with van der Waals surface area (Å²) in [6.07, 6.45) is -0.199. The first-order valence-corrected chi connectivity index (χ1v) is 13.0. The molecule has 0 saturated carbocycles. The standard InChI is InChI=1S/C20H32N2O7P2/c1-4-27-20(30-25,15-31(26,28-5-2)29-6-3)18(22-13-11-21-12-14-22)16-7-9-17(10-8-16)19(23)24/h7-10,18,21H,4-6,11-15H2,1-3H3,(H,23,24). The van der Waals surface area contributed by atoms with Gasteiger partial charge in [-0.2, -0.15) is 0 Å². The molecule has 9 nitrogen and oxygen atoms in total. The maximum Gasteiger partial charge on any atom is 0.335 e. The molecule has 1 heterocycles. The molecule has 2 unspecified atom stereocenters. The molecule has 0 spiro atoms. The number of nitrogens with one attached hydrogen (secondary N) is 1. The number of nitrogens with zero attached hydrogens (tertiary/aromatic N) is 1. The number of aromatic carboxylic acids is 1. The molecule has 2 rings (SSSR count). The highest BCUT2D eigenvalue weighted by atomic mass is 31.2. The molecular weight excluding hydrogens is 442 g/mol. The van der Waals surface area contributed by atoms with Crippen molar-refractivity contribution < 1.29 is 32.8 Å². The Balaban J connectivity index is 2.58. The van der Waals surface area contributed by atoms with Crippen LogP contribution in [0.25, 0.3) is 0 Å². The van der Waals surface area contributed by atoms with E-state index in [1.165, 1.54) is 12.1 Å². The lowest BCUT2D eigenvalue weighted by Gasteiger charge is -2.44. The molecule has 0 radical (unpaired) electrons. The molecule has 1 aromatic carbocycles. The third-order valence-electron chi connectivity index (χ3n) is 5.04. The maximum atomic E-state index is 13.4. The zero-order chi connectivity index (χ0) is 22.9. The minimum atomic E-state index is -3.61. The summed E-state index contributed by atoms with van der Waals surface area (Å²) in [5.74, 6) is -1.03. The zero-order valence-corrected chi connectivity index (χ0v) is 20.1. The van der Waals surface area contributed by atoms with Gasteiger partial charge in [0.25, 0.3) is 0 Å². The van der Waals surface area contributed by atoms with Gasteiger partial charge in [0.1, 0.15) is 0 Å². The molecule has 0 amide bonds. The van der Waals surface area contributed by atoms with Crippen molar-refractivity contribution in [3.63, 3.8) is 0 Å². The molecule has 1 saturated heterocycles. The van der Waals surface area contributed by atoms with Crippen molar-refractivity contribution >= 4 is 22.0 Å². The molecule has 174 valence electrons. The summed E-state index contributed by atoms with van der Waals surface area (Å²) in [6.45, 7) is 8.61. The molecule has 0 aromatic heterocycles. The van der Waals surface area contributed by atoms with E-state index in [9.17, 15) is 19.0 Å². The van der Waals surface area contributed by atoms with Crippen molar-refractivity contribution in [3.8, 4) is 0 Å². The molecule has 0 bridgehead atoms. The van der Waals surface area contributed by atoms with Gasteiger partial charge in [-0.05, 0) is 38.5 Å². The molecule has 0 aliphatic carbocycles. The second-order valence-electron chi connectivity index (χ2n) is 7.09. The lowest BCUT2D eigenvalue weighted by atomic mass is 9.97. The molecule has 1 fully saturated rings. The van der Waals surface area contributed by atoms with E-state index in [-0.39, 0.29) is 40.0 Å². The second kappa shape index (κ2) is 12.2. The average Bonchev–Trinajstić information content (AvgIpc) is 2.75. The minimum Gasteiger partial charge on any atom is -0.478 e. The van der Waals surface area contributed by atoms with Crippen LogP contribution in [-0.4, -0.2) is 73.5 Å². The topological polar surface area (TPSA) is 114 Å². The van der Waals surface area contributed by atoms with E-state index in [4.69, 9.17) is 13.8 Å². The normalized spacial score (nSPS) is 18.5. The molecule has 2 N–H and O–H groups in total. The predicted molar refractivity (Wildman–Crippen MR) is 118 cm³/mol. The van der Waals surface area contributed by atoms with E-state index in [0.29, 0.717) is 13.1 Å². The first-order valence-electron chi connectivity index (χ1n) is 10.5. The molecule has 31 heavy (non-hydrogen) atoms. The minimum absolute atomic E-state index is 0.152. The highest BCUT2D eigenvalue weighted by Crippen LogP contribution is 2.57. The Hall–Kier alpha value is -1.18. The molecule has 11 heteroatoms. The number of rotatable bonds is 13. The lowest BCUT2D eigenvalue weighted by Crippen LogP contribution is -2.53. The van der Waals surface area contributed by atoms with Crippen molar-refractivity contribution in [3.05, 3.63) is 35.4 Å². The summed E-state index contributed by atoms with van der Waals surface area (Å²) in [5.41, 5.74) is 0.877. The summed E-state index contributed by atoms with van der Waals surface area (Å²) in [5, 5.41) is 11.1. The highest BCUT2D eigenvalue weighted by Gasteiger charge is 2.51. The van der Waals surface area contributed by atoms with E-state index < -0.39 is 24.9 Å². The first-order chi connectivity index (χ1) is 14.8. The smallest absolute Gasteiger partial charge is 0.335 e. The number of carbonyl (C=O) groups is 1. The Morgan fingerprint density at radius 2 is 1.74 bits per heavy atom. The molecule has 2 atom stereocenters. The van der Waals surface area contributed by atoms with E-state index in [1.807, 2.05) is 0 Å². The van der Waals surface area contributed by atoms with Gasteiger partial charge in [-0.3, -0.25) is 14.0 Å². The summed E-state index contributed by atoms with van der Waals surface area (Å²) in [4.78, 5) is 13.4. The van der Waals surface area contributed by atoms with Gasteiger partial charge in [-0.15, -0.1) is 0 Å². The van der Waals surface area contributed by atoms with Crippen LogP contribution in [0.15, 0.2) is 24.3 Å². The fourth-order valence-corrected chi connectivity index (χ4v) is 7.08. The van der Waals surface area contributed by atoms with Crippen LogP contribution in [-0.2, 0) is 22.9 Å². The van der Waals surface area contributed by atoms with Crippen LogP contribution in [0.1, 0.15) is 42.7 Å². The first kappa shape index (κ1) is 26.1. The Morgan fingerprint density at radius 1 is 1.16 bits per heavy atom. The molecule has 1 aliphatic heterocycles. The molecular formula is C20H32N2O7P2. The number of hydrogen-bond acceptors (Lipinski definition) is 8. The van der Waals surface area contributed by atoms with E-state index in [2.05, 4.69) is 10.2 Å². The van der Waals surface area contributed by atoms with Gasteiger partial charge in [0.05, 0.1) is 31.0 Å². The van der Waals surface area contributed by atoms with Crippen molar-refractivity contribution in [2.45, 2.75) is 32.2 Å². The maximum absolute atomic E-state index is 13.4. The van der Waals surface area contributed by atoms with Gasteiger partial charge >= 0.3 is 13.6 Å². The molecule has 1 aliphatic rings. The summed E-state index contributed by atoms with van der Waals surface area (Å²) in [6, 6.07) is 5.86. The average molecular weight is 474 g/mol. The van der Waals surface area contributed by atoms with Gasteiger partial charge in [-0.25, -0.2) is 4.79 Å². The Bertz CT molecular complexity index is 761. The van der Waals surface area contributed by atoms with E-state index in [1.54, 1.807) is 32.9 Å². The summed E-state index contributed by atoms with van der Waals surface area (Å²) < 4.78 is 43.3. The predicted octanol–water partition coefficient (Wildman–Crippen LogP) is 3.62. The summed E-state index contributed by atoms with van der Waals surface area (Å²) >= 11 is 0. The number of carboxylic acid groups (broad SMARTS) is 1. The lowest BCUT2D eigenvalue weighted by molar-refractivity contribution is -0.0332. The summed E-state index contributed by atoms with van der Waals surface area (Å²) in [7, 11) is -3.96. The number of hydrogen-bond donors (Lipinski definition) is 2. The van der Waals surface area contributed by atoms with Gasteiger partial charge in [-0.1, -0.05) is 12.1 Å². The Morgan fingerprint density at radius 3 is 2.19 bits per heavy atom. The largest absolute Gasteiger partial charge is 0.478 e. The Labute approximate surface area is 185 Å². The van der Waals surface area contributed by atoms with Crippen LogP contribution in [0.2, 0.25) is 0 Å². The van der Waals surface area contributed by atoms with Crippen molar-refractivity contribution in [1.29, 1.82) is 0 Å². The highest BCUT2D eigenvalue weighted by molar-refractivity contribution is 7.54. The quantitative estimate of drug-likeness (QED) is 0.414. The van der Waals surface area contributed by atoms with Crippen LogP contribution < -0.4 is 5.32 Å². The van der Waals surface area contributed by atoms with Gasteiger partial charge in [0.15, 0.2) is 13.8 Å². The van der Waals surface area contributed by atoms with Crippen molar-refractivity contribution in [1.82, 2.24) is 10.2 Å². The van der Waals surface area contributed by atoms with Crippen LogP contribution >= 0.6 is 16.1 Å². The fourth-order valence-electron chi connectivity index (χ4n) is 3.87. The van der Waals surface area contributed by atoms with Crippen LogP contribution in [0, 0.1) is 0 Å². The fraction of sp³-hybridized carbons (Fsp3) is 0.650. The monoisotopic (exact) mass is 474 g/mol. The van der Waals surface area contributed by atoms with Gasteiger partial charge in [0.2, 0.25) is 0 Å². The number of ether oxygens (including phenoxy) is 1. The van der Waals surface area contributed by atoms with Crippen molar-refractivity contribution in [2.24, 2.45) is 0 Å². The van der Waals surface area contributed by atoms with E-state index >= 15 is 0 Å². The number of benzene rings is 1. The van der Waals surface area contributed by atoms with Crippen molar-refractivity contribution in [2.75, 3.05) is 52.2 Å². The third-order valence-corrected chi connectivity index (χ3v) is 8.29. The Kier molecular flexibility index (Phi) is 10.2. The zero-order valence-electron chi connectivity index (χ0n) is 18.3. The SMILES string of the molecule is CCOC(CP(=O)(OCC)OCC)(P=O)C(c1ccc(C(=O)O)cc1)N1CCNCC1. The van der Waals surface area contributed by atoms with Gasteiger partial charge < -0.3 is 24.2 Å². The number of piperazine rings is 1. The van der Waals surface area contributed by atoms with E-state index in [0.717, 1.165) is 18.7 Å². The van der Waals surface area contributed by atoms with Crippen LogP contribution in [0.5, 0.6) is 0 Å². The number of carboxylic acids is 1.